The third-order valence-corrected chi connectivity index (χ3v) is 5.52. The Hall–Kier alpha value is -3.93. The number of aromatic nitrogens is 3. The summed E-state index contributed by atoms with van der Waals surface area (Å²) >= 11 is 0. The minimum Gasteiger partial charge on any atom is -0.490 e. The lowest BCUT2D eigenvalue weighted by molar-refractivity contribution is 0.313. The predicted octanol–water partition coefficient (Wildman–Crippen LogP) is 4.63. The molecule has 0 saturated carbocycles. The first kappa shape index (κ1) is 19.1. The van der Waals surface area contributed by atoms with E-state index in [9.17, 15) is 0 Å². The molecule has 6 heteroatoms. The highest BCUT2D eigenvalue weighted by Gasteiger charge is 2.27. The van der Waals surface area contributed by atoms with Crippen molar-refractivity contribution in [3.8, 4) is 5.75 Å². The molecule has 1 aliphatic rings. The second-order valence-electron chi connectivity index (χ2n) is 7.40. The van der Waals surface area contributed by atoms with E-state index in [1.165, 1.54) is 0 Å². The van der Waals surface area contributed by atoms with Gasteiger partial charge in [-0.2, -0.15) is 0 Å². The zero-order chi connectivity index (χ0) is 21.0. The minimum absolute atomic E-state index is 0.0540. The van der Waals surface area contributed by atoms with Crippen molar-refractivity contribution in [1.82, 2.24) is 15.0 Å². The van der Waals surface area contributed by atoms with Crippen molar-refractivity contribution in [1.29, 1.82) is 0 Å². The maximum atomic E-state index is 5.86. The molecule has 0 spiro atoms. The number of hydrogen-bond donors (Lipinski definition) is 0. The van der Waals surface area contributed by atoms with Crippen molar-refractivity contribution >= 4 is 17.2 Å². The molecule has 4 heterocycles. The number of hydrogen-bond acceptors (Lipinski definition) is 6. The van der Waals surface area contributed by atoms with Gasteiger partial charge in [0.15, 0.2) is 5.82 Å². The fraction of sp³-hybridized carbons (Fsp3) is 0.160. The molecule has 31 heavy (non-hydrogen) atoms. The zero-order valence-corrected chi connectivity index (χ0v) is 17.3. The van der Waals surface area contributed by atoms with Gasteiger partial charge in [0, 0.05) is 38.0 Å². The van der Waals surface area contributed by atoms with Crippen LogP contribution in [0.5, 0.6) is 5.75 Å². The molecular formula is C25H23N5O. The Bertz CT molecular complexity index is 1110. The highest BCUT2D eigenvalue weighted by atomic mass is 16.5. The molecule has 1 aliphatic heterocycles. The molecule has 0 bridgehead atoms. The Kier molecular flexibility index (Phi) is 5.19. The molecule has 0 amide bonds. The topological polar surface area (TPSA) is 54.4 Å². The van der Waals surface area contributed by atoms with E-state index in [2.05, 4.69) is 51.1 Å². The van der Waals surface area contributed by atoms with Crippen molar-refractivity contribution in [2.75, 3.05) is 30.0 Å². The van der Waals surface area contributed by atoms with Crippen LogP contribution in [0, 0.1) is 0 Å². The first-order valence-corrected chi connectivity index (χ1v) is 10.3. The van der Waals surface area contributed by atoms with Gasteiger partial charge in [0.2, 0.25) is 0 Å². The first-order chi connectivity index (χ1) is 15.3. The summed E-state index contributed by atoms with van der Waals surface area (Å²) in [5.74, 6) is 1.78. The van der Waals surface area contributed by atoms with Gasteiger partial charge in [-0.15, -0.1) is 0 Å². The second-order valence-corrected chi connectivity index (χ2v) is 7.40. The molecule has 0 fully saturated rings. The summed E-state index contributed by atoms with van der Waals surface area (Å²) in [6.45, 7) is 1.35. The highest BCUT2D eigenvalue weighted by Crippen LogP contribution is 2.41. The van der Waals surface area contributed by atoms with Crippen LogP contribution in [0.1, 0.15) is 17.2 Å². The maximum absolute atomic E-state index is 5.86. The number of fused-ring (bicyclic) bond motifs is 1. The predicted molar refractivity (Wildman–Crippen MR) is 122 cm³/mol. The summed E-state index contributed by atoms with van der Waals surface area (Å²) in [4.78, 5) is 18.0. The fourth-order valence-electron chi connectivity index (χ4n) is 4.12. The minimum atomic E-state index is -0.0540. The van der Waals surface area contributed by atoms with Gasteiger partial charge in [-0.3, -0.25) is 9.97 Å². The van der Waals surface area contributed by atoms with Crippen LogP contribution in [0.25, 0.3) is 0 Å². The Balaban J connectivity index is 1.61. The maximum Gasteiger partial charge on any atom is 0.156 e. The van der Waals surface area contributed by atoms with Crippen LogP contribution in [-0.4, -0.2) is 35.2 Å². The number of benzene rings is 1. The number of anilines is 3. The van der Waals surface area contributed by atoms with Crippen molar-refractivity contribution in [3.05, 3.63) is 103 Å². The third-order valence-electron chi connectivity index (χ3n) is 5.52. The van der Waals surface area contributed by atoms with Crippen LogP contribution in [0.15, 0.2) is 91.6 Å². The molecular weight excluding hydrogens is 386 g/mol. The van der Waals surface area contributed by atoms with Crippen LogP contribution in [0.4, 0.5) is 17.2 Å². The molecule has 4 aromatic rings. The Morgan fingerprint density at radius 1 is 0.871 bits per heavy atom. The second kappa shape index (κ2) is 8.44. The van der Waals surface area contributed by atoms with Crippen molar-refractivity contribution < 1.29 is 4.74 Å². The molecule has 3 aromatic heterocycles. The smallest absolute Gasteiger partial charge is 0.156 e. The number of para-hydroxylation sites is 2. The number of rotatable bonds is 5. The molecule has 0 atom stereocenters. The van der Waals surface area contributed by atoms with Crippen molar-refractivity contribution in [3.63, 3.8) is 0 Å². The highest BCUT2D eigenvalue weighted by molar-refractivity contribution is 5.77. The summed E-state index contributed by atoms with van der Waals surface area (Å²) in [6.07, 6.45) is 9.25. The van der Waals surface area contributed by atoms with Crippen LogP contribution < -0.4 is 14.5 Å². The van der Waals surface area contributed by atoms with E-state index in [1.54, 1.807) is 12.4 Å². The molecule has 5 rings (SSSR count). The number of nitrogens with zero attached hydrogens (tertiary/aromatic N) is 5. The summed E-state index contributed by atoms with van der Waals surface area (Å²) in [6, 6.07) is 20.3. The summed E-state index contributed by atoms with van der Waals surface area (Å²) < 4.78 is 5.86. The molecule has 0 saturated heterocycles. The quantitative estimate of drug-likeness (QED) is 0.479. The van der Waals surface area contributed by atoms with Crippen LogP contribution >= 0.6 is 0 Å². The van der Waals surface area contributed by atoms with E-state index >= 15 is 0 Å². The number of ether oxygens (including phenoxy) is 1. The largest absolute Gasteiger partial charge is 0.490 e. The van der Waals surface area contributed by atoms with Gasteiger partial charge >= 0.3 is 0 Å². The Morgan fingerprint density at radius 2 is 1.58 bits per heavy atom. The van der Waals surface area contributed by atoms with Gasteiger partial charge < -0.3 is 14.5 Å². The molecule has 6 nitrogen and oxygen atoms in total. The average Bonchev–Trinajstić information content (AvgIpc) is 2.85. The van der Waals surface area contributed by atoms with Gasteiger partial charge in [0.1, 0.15) is 12.4 Å². The standard InChI is InChI=1S/C25H23N5O/c1-29(24(19-7-4-12-26-17-19)20-8-5-13-27-18-20)22-10-6-14-28-25(22)30-15-16-31-23-11-3-2-9-21(23)30/h2-14,17-18,24H,15-16H2,1H3. The SMILES string of the molecule is CN(c1cccnc1N1CCOc2ccccc21)C(c1cccnc1)c1cccnc1. The van der Waals surface area contributed by atoms with Crippen molar-refractivity contribution in [2.45, 2.75) is 6.04 Å². The van der Waals surface area contributed by atoms with Crippen LogP contribution in [-0.2, 0) is 0 Å². The van der Waals surface area contributed by atoms with E-state index in [1.807, 2.05) is 55.0 Å². The molecule has 154 valence electrons. The zero-order valence-electron chi connectivity index (χ0n) is 17.3. The Morgan fingerprint density at radius 3 is 2.29 bits per heavy atom. The Labute approximate surface area is 181 Å². The monoisotopic (exact) mass is 409 g/mol. The van der Waals surface area contributed by atoms with Gasteiger partial charge in [-0.1, -0.05) is 24.3 Å². The summed E-state index contributed by atoms with van der Waals surface area (Å²) in [5.41, 5.74) is 4.24. The average molecular weight is 409 g/mol. The normalized spacial score (nSPS) is 12.9. The lowest BCUT2D eigenvalue weighted by Gasteiger charge is -2.36. The van der Waals surface area contributed by atoms with E-state index in [0.29, 0.717) is 6.61 Å². The van der Waals surface area contributed by atoms with Gasteiger partial charge in [0.25, 0.3) is 0 Å². The molecule has 0 radical (unpaired) electrons. The van der Waals surface area contributed by atoms with Gasteiger partial charge in [-0.25, -0.2) is 4.98 Å². The van der Waals surface area contributed by atoms with Crippen LogP contribution in [0.3, 0.4) is 0 Å². The van der Waals surface area contributed by atoms with Gasteiger partial charge in [-0.05, 0) is 47.5 Å². The van der Waals surface area contributed by atoms with E-state index in [4.69, 9.17) is 9.72 Å². The van der Waals surface area contributed by atoms with Crippen LogP contribution in [0.2, 0.25) is 0 Å². The van der Waals surface area contributed by atoms with E-state index in [-0.39, 0.29) is 6.04 Å². The molecule has 1 aromatic carbocycles. The lowest BCUT2D eigenvalue weighted by Crippen LogP contribution is -2.32. The molecule has 0 unspecified atom stereocenters. The number of pyridine rings is 3. The van der Waals surface area contributed by atoms with Crippen molar-refractivity contribution in [2.24, 2.45) is 0 Å². The van der Waals surface area contributed by atoms with E-state index in [0.717, 1.165) is 40.6 Å². The summed E-state index contributed by atoms with van der Waals surface area (Å²) in [5, 5.41) is 0. The first-order valence-electron chi connectivity index (χ1n) is 10.3. The fourth-order valence-corrected chi connectivity index (χ4v) is 4.12. The third kappa shape index (κ3) is 3.68. The molecule has 0 N–H and O–H groups in total. The van der Waals surface area contributed by atoms with E-state index < -0.39 is 0 Å². The summed E-state index contributed by atoms with van der Waals surface area (Å²) in [7, 11) is 2.09. The lowest BCUT2D eigenvalue weighted by atomic mass is 10.00. The van der Waals surface area contributed by atoms with Gasteiger partial charge in [0.05, 0.1) is 24.0 Å². The molecule has 0 aliphatic carbocycles.